The first-order chi connectivity index (χ1) is 7.88. The van der Waals surface area contributed by atoms with E-state index in [1.807, 2.05) is 13.8 Å². The van der Waals surface area contributed by atoms with Gasteiger partial charge in [-0.1, -0.05) is 13.3 Å². The molecule has 2 N–H and O–H groups in total. The van der Waals surface area contributed by atoms with Gasteiger partial charge in [0.25, 0.3) is 10.2 Å². The van der Waals surface area contributed by atoms with Crippen LogP contribution in [-0.2, 0) is 10.2 Å². The van der Waals surface area contributed by atoms with Gasteiger partial charge < -0.3 is 5.11 Å². The van der Waals surface area contributed by atoms with Crippen molar-refractivity contribution in [2.24, 2.45) is 5.92 Å². The summed E-state index contributed by atoms with van der Waals surface area (Å²) < 4.78 is 28.5. The molecular weight excluding hydrogens is 240 g/mol. The predicted octanol–water partition coefficient (Wildman–Crippen LogP) is 0.712. The first kappa shape index (κ1) is 14.9. The third kappa shape index (κ3) is 3.91. The largest absolute Gasteiger partial charge is 0.396 e. The van der Waals surface area contributed by atoms with Gasteiger partial charge in [-0.3, -0.25) is 0 Å². The van der Waals surface area contributed by atoms with Crippen molar-refractivity contribution >= 4 is 10.2 Å². The molecule has 0 aromatic carbocycles. The molecule has 5 nitrogen and oxygen atoms in total. The summed E-state index contributed by atoms with van der Waals surface area (Å²) in [5, 5.41) is 9.02. The summed E-state index contributed by atoms with van der Waals surface area (Å²) in [5.41, 5.74) is 0. The number of nitrogens with zero attached hydrogens (tertiary/aromatic N) is 1. The Hall–Kier alpha value is -0.170. The summed E-state index contributed by atoms with van der Waals surface area (Å²) in [6, 6.07) is -0.183. The molecule has 0 bridgehead atoms. The van der Waals surface area contributed by atoms with E-state index in [1.54, 1.807) is 6.92 Å². The Morgan fingerprint density at radius 2 is 2.06 bits per heavy atom. The molecule has 1 saturated heterocycles. The summed E-state index contributed by atoms with van der Waals surface area (Å²) in [6.07, 6.45) is 2.94. The minimum absolute atomic E-state index is 0.0146. The zero-order chi connectivity index (χ0) is 13.1. The van der Waals surface area contributed by atoms with Crippen LogP contribution in [0.15, 0.2) is 0 Å². The number of piperidine rings is 1. The molecule has 1 fully saturated rings. The van der Waals surface area contributed by atoms with E-state index in [1.165, 1.54) is 4.31 Å². The molecule has 0 spiro atoms. The van der Waals surface area contributed by atoms with Crippen LogP contribution in [0.2, 0.25) is 0 Å². The van der Waals surface area contributed by atoms with E-state index in [-0.39, 0.29) is 24.6 Å². The van der Waals surface area contributed by atoms with Gasteiger partial charge in [-0.25, -0.2) is 0 Å². The highest BCUT2D eigenvalue weighted by Crippen LogP contribution is 2.19. The van der Waals surface area contributed by atoms with Crippen molar-refractivity contribution in [3.8, 4) is 0 Å². The van der Waals surface area contributed by atoms with Crippen molar-refractivity contribution in [1.82, 2.24) is 9.03 Å². The van der Waals surface area contributed by atoms with Gasteiger partial charge in [-0.2, -0.15) is 17.4 Å². The number of aliphatic hydroxyl groups is 1. The monoisotopic (exact) mass is 264 g/mol. The van der Waals surface area contributed by atoms with Gasteiger partial charge in [-0.15, -0.1) is 0 Å². The van der Waals surface area contributed by atoms with E-state index < -0.39 is 10.2 Å². The van der Waals surface area contributed by atoms with Crippen molar-refractivity contribution in [1.29, 1.82) is 0 Å². The standard InChI is InChI=1S/C11H24N2O3S/c1-9(8-14)11(3)12-17(15,16)13-7-5-4-6-10(13)2/h9-12,14H,4-8H2,1-3H3. The van der Waals surface area contributed by atoms with Gasteiger partial charge in [0.2, 0.25) is 0 Å². The van der Waals surface area contributed by atoms with E-state index in [4.69, 9.17) is 5.11 Å². The molecule has 0 saturated carbocycles. The van der Waals surface area contributed by atoms with Crippen LogP contribution in [0.1, 0.15) is 40.0 Å². The molecule has 1 aliphatic rings. The Kier molecular flexibility index (Phi) is 5.37. The van der Waals surface area contributed by atoms with Crippen LogP contribution >= 0.6 is 0 Å². The van der Waals surface area contributed by atoms with Crippen LogP contribution < -0.4 is 4.72 Å². The fourth-order valence-electron chi connectivity index (χ4n) is 2.01. The van der Waals surface area contributed by atoms with E-state index in [2.05, 4.69) is 4.72 Å². The highest BCUT2D eigenvalue weighted by atomic mass is 32.2. The summed E-state index contributed by atoms with van der Waals surface area (Å²) in [6.45, 7) is 6.13. The second-order valence-corrected chi connectivity index (χ2v) is 6.68. The molecule has 0 aromatic heterocycles. The fraction of sp³-hybridized carbons (Fsp3) is 1.00. The lowest BCUT2D eigenvalue weighted by atomic mass is 10.1. The lowest BCUT2D eigenvalue weighted by Gasteiger charge is -2.33. The Bertz CT molecular complexity index is 332. The number of aliphatic hydroxyl groups excluding tert-OH is 1. The van der Waals surface area contributed by atoms with E-state index in [0.717, 1.165) is 19.3 Å². The second-order valence-electron chi connectivity index (χ2n) is 5.03. The molecule has 1 aliphatic heterocycles. The topological polar surface area (TPSA) is 69.6 Å². The summed E-state index contributed by atoms with van der Waals surface area (Å²) in [4.78, 5) is 0. The Labute approximate surface area is 104 Å². The van der Waals surface area contributed by atoms with Gasteiger partial charge in [0, 0.05) is 25.2 Å². The average molecular weight is 264 g/mol. The zero-order valence-electron chi connectivity index (χ0n) is 10.9. The van der Waals surface area contributed by atoms with Crippen molar-refractivity contribution < 1.29 is 13.5 Å². The van der Waals surface area contributed by atoms with E-state index in [0.29, 0.717) is 6.54 Å². The normalized spacial score (nSPS) is 26.7. The van der Waals surface area contributed by atoms with Crippen molar-refractivity contribution in [2.75, 3.05) is 13.2 Å². The number of hydrogen-bond acceptors (Lipinski definition) is 3. The smallest absolute Gasteiger partial charge is 0.279 e. The average Bonchev–Trinajstić information content (AvgIpc) is 2.27. The van der Waals surface area contributed by atoms with E-state index in [9.17, 15) is 8.42 Å². The maximum Gasteiger partial charge on any atom is 0.279 e. The van der Waals surface area contributed by atoms with Crippen LogP contribution in [0.3, 0.4) is 0 Å². The first-order valence-electron chi connectivity index (χ1n) is 6.28. The fourth-order valence-corrected chi connectivity index (χ4v) is 3.79. The van der Waals surface area contributed by atoms with Crippen LogP contribution in [0.5, 0.6) is 0 Å². The Morgan fingerprint density at radius 3 is 2.59 bits per heavy atom. The van der Waals surface area contributed by atoms with Crippen molar-refractivity contribution in [3.63, 3.8) is 0 Å². The van der Waals surface area contributed by atoms with Gasteiger partial charge in [0.1, 0.15) is 0 Å². The number of rotatable bonds is 5. The minimum atomic E-state index is -3.41. The number of nitrogens with one attached hydrogen (secondary N) is 1. The highest BCUT2D eigenvalue weighted by molar-refractivity contribution is 7.87. The molecule has 102 valence electrons. The van der Waals surface area contributed by atoms with Gasteiger partial charge in [0.05, 0.1) is 0 Å². The van der Waals surface area contributed by atoms with Crippen LogP contribution in [0.25, 0.3) is 0 Å². The Morgan fingerprint density at radius 1 is 1.41 bits per heavy atom. The van der Waals surface area contributed by atoms with Gasteiger partial charge >= 0.3 is 0 Å². The highest BCUT2D eigenvalue weighted by Gasteiger charge is 2.31. The summed E-state index contributed by atoms with van der Waals surface area (Å²) in [5.74, 6) is -0.0788. The molecular formula is C11H24N2O3S. The number of hydrogen-bond donors (Lipinski definition) is 2. The first-order valence-corrected chi connectivity index (χ1v) is 7.72. The van der Waals surface area contributed by atoms with Gasteiger partial charge in [0.15, 0.2) is 0 Å². The van der Waals surface area contributed by atoms with Crippen LogP contribution in [-0.4, -0.2) is 43.1 Å². The predicted molar refractivity (Wildman–Crippen MR) is 67.8 cm³/mol. The van der Waals surface area contributed by atoms with Crippen molar-refractivity contribution in [3.05, 3.63) is 0 Å². The summed E-state index contributed by atoms with van der Waals surface area (Å²) >= 11 is 0. The minimum Gasteiger partial charge on any atom is -0.396 e. The summed E-state index contributed by atoms with van der Waals surface area (Å²) in [7, 11) is -3.41. The Balaban J connectivity index is 2.67. The molecule has 0 aromatic rings. The molecule has 1 heterocycles. The van der Waals surface area contributed by atoms with Crippen molar-refractivity contribution in [2.45, 2.75) is 52.1 Å². The quantitative estimate of drug-likeness (QED) is 0.768. The van der Waals surface area contributed by atoms with Gasteiger partial charge in [-0.05, 0) is 32.6 Å². The molecule has 0 aliphatic carbocycles. The molecule has 6 heteroatoms. The van der Waals surface area contributed by atoms with Crippen LogP contribution in [0.4, 0.5) is 0 Å². The lowest BCUT2D eigenvalue weighted by Crippen LogP contribution is -2.51. The molecule has 3 unspecified atom stereocenters. The molecule has 3 atom stereocenters. The second kappa shape index (κ2) is 6.13. The van der Waals surface area contributed by atoms with Crippen LogP contribution in [0, 0.1) is 5.92 Å². The lowest BCUT2D eigenvalue weighted by molar-refractivity contribution is 0.212. The molecule has 1 rings (SSSR count). The molecule has 0 radical (unpaired) electrons. The third-order valence-corrected chi connectivity index (χ3v) is 5.36. The SMILES string of the molecule is CC(CO)C(C)NS(=O)(=O)N1CCCCC1C. The maximum atomic E-state index is 12.2. The van der Waals surface area contributed by atoms with E-state index >= 15 is 0 Å². The zero-order valence-corrected chi connectivity index (χ0v) is 11.7. The third-order valence-electron chi connectivity index (χ3n) is 3.53. The molecule has 0 amide bonds. The maximum absolute atomic E-state index is 12.2. The molecule has 17 heavy (non-hydrogen) atoms.